The van der Waals surface area contributed by atoms with Crippen molar-refractivity contribution in [1.29, 1.82) is 0 Å². The minimum absolute atomic E-state index is 0.521. The van der Waals surface area contributed by atoms with E-state index in [1.54, 1.807) is 0 Å². The molecule has 0 aromatic carbocycles. The molecule has 0 heterocycles. The maximum absolute atomic E-state index is 6.28. The Hall–Kier alpha value is -0.0800. The largest absolute Gasteiger partial charge is 0.327 e. The van der Waals surface area contributed by atoms with Gasteiger partial charge < -0.3 is 11.5 Å². The molecule has 4 aliphatic carbocycles. The summed E-state index contributed by atoms with van der Waals surface area (Å²) in [5.41, 5.74) is 13.8. The first-order chi connectivity index (χ1) is 8.10. The van der Waals surface area contributed by atoms with E-state index in [1.807, 2.05) is 0 Å². The lowest BCUT2D eigenvalue weighted by molar-refractivity contribution is 0.131. The summed E-state index contributed by atoms with van der Waals surface area (Å²) in [6, 6.07) is 1.04. The maximum Gasteiger partial charge on any atom is 0.00726 e. The average Bonchev–Trinajstić information content (AvgIpc) is 2.95. The van der Waals surface area contributed by atoms with E-state index in [0.29, 0.717) is 22.9 Å². The Morgan fingerprint density at radius 3 is 1.53 bits per heavy atom. The number of rotatable bonds is 2. The predicted octanol–water partition coefficient (Wildman–Crippen LogP) is 2.41. The molecule has 0 spiro atoms. The van der Waals surface area contributed by atoms with E-state index in [0.717, 1.165) is 11.8 Å². The normalized spacial score (nSPS) is 60.4. The maximum atomic E-state index is 6.28. The van der Waals surface area contributed by atoms with Gasteiger partial charge in [0.15, 0.2) is 0 Å². The van der Waals surface area contributed by atoms with Gasteiger partial charge in [-0.2, -0.15) is 0 Å². The van der Waals surface area contributed by atoms with E-state index < -0.39 is 0 Å². The Balaban J connectivity index is 1.55. The van der Waals surface area contributed by atoms with Gasteiger partial charge in [0.05, 0.1) is 0 Å². The van der Waals surface area contributed by atoms with Gasteiger partial charge in [-0.3, -0.25) is 0 Å². The average molecular weight is 234 g/mol. The highest BCUT2D eigenvalue weighted by Gasteiger charge is 2.56. The quantitative estimate of drug-likeness (QED) is 0.771. The number of hydrogen-bond donors (Lipinski definition) is 2. The molecule has 4 aliphatic rings. The van der Waals surface area contributed by atoms with Crippen molar-refractivity contribution in [1.82, 2.24) is 0 Å². The minimum Gasteiger partial charge on any atom is -0.327 e. The standard InChI is InChI=1S/C15H26N2/c16-12-7-14(3-1-10(12)5-14)9-15-4-2-11(6-15)13(17)8-15/h10-13H,1-9,16-17H2. The van der Waals surface area contributed by atoms with E-state index in [2.05, 4.69) is 0 Å². The predicted molar refractivity (Wildman–Crippen MR) is 69.3 cm³/mol. The van der Waals surface area contributed by atoms with Gasteiger partial charge in [-0.1, -0.05) is 0 Å². The van der Waals surface area contributed by atoms with Gasteiger partial charge in [0.1, 0.15) is 0 Å². The molecule has 96 valence electrons. The van der Waals surface area contributed by atoms with Crippen LogP contribution in [0.2, 0.25) is 0 Å². The molecule has 4 fully saturated rings. The van der Waals surface area contributed by atoms with Crippen molar-refractivity contribution in [3.8, 4) is 0 Å². The first kappa shape index (κ1) is 10.8. The summed E-state index contributed by atoms with van der Waals surface area (Å²) in [5, 5.41) is 0. The zero-order chi connectivity index (χ0) is 11.7. The molecule has 0 radical (unpaired) electrons. The highest BCUT2D eigenvalue weighted by atomic mass is 14.8. The van der Waals surface area contributed by atoms with Crippen LogP contribution in [0.25, 0.3) is 0 Å². The summed E-state index contributed by atoms with van der Waals surface area (Å²) in [6.45, 7) is 0. The molecule has 4 N–H and O–H groups in total. The molecule has 0 aromatic heterocycles. The first-order valence-electron chi connectivity index (χ1n) is 7.61. The van der Waals surface area contributed by atoms with E-state index >= 15 is 0 Å². The topological polar surface area (TPSA) is 52.0 Å². The van der Waals surface area contributed by atoms with Crippen LogP contribution in [0.4, 0.5) is 0 Å². The fourth-order valence-corrected chi connectivity index (χ4v) is 6.20. The zero-order valence-electron chi connectivity index (χ0n) is 10.8. The minimum atomic E-state index is 0.521. The summed E-state index contributed by atoms with van der Waals surface area (Å²) in [7, 11) is 0. The lowest BCUT2D eigenvalue weighted by atomic mass is 9.67. The van der Waals surface area contributed by atoms with Crippen LogP contribution < -0.4 is 11.5 Å². The molecule has 6 atom stereocenters. The van der Waals surface area contributed by atoms with Gasteiger partial charge in [-0.25, -0.2) is 0 Å². The van der Waals surface area contributed by atoms with Gasteiger partial charge in [0, 0.05) is 12.1 Å². The summed E-state index contributed by atoms with van der Waals surface area (Å²) in [5.74, 6) is 1.72. The third-order valence-corrected chi connectivity index (χ3v) is 6.78. The highest BCUT2D eigenvalue weighted by Crippen LogP contribution is 2.64. The number of nitrogens with two attached hydrogens (primary N) is 2. The SMILES string of the molecule is NC1CC2(CC34CCC(C3)C(N)C4)CCC1C2. The Kier molecular flexibility index (Phi) is 2.08. The zero-order valence-corrected chi connectivity index (χ0v) is 10.8. The molecular formula is C15H26N2. The van der Waals surface area contributed by atoms with Crippen molar-refractivity contribution < 1.29 is 0 Å². The van der Waals surface area contributed by atoms with Crippen molar-refractivity contribution in [2.45, 2.75) is 69.9 Å². The fraction of sp³-hybridized carbons (Fsp3) is 1.00. The van der Waals surface area contributed by atoms with Crippen molar-refractivity contribution in [2.24, 2.45) is 34.1 Å². The second-order valence-corrected chi connectivity index (χ2v) is 7.92. The highest BCUT2D eigenvalue weighted by molar-refractivity contribution is 5.09. The lowest BCUT2D eigenvalue weighted by Crippen LogP contribution is -2.34. The van der Waals surface area contributed by atoms with Gasteiger partial charge in [-0.15, -0.1) is 0 Å². The molecule has 2 heteroatoms. The van der Waals surface area contributed by atoms with Gasteiger partial charge >= 0.3 is 0 Å². The Labute approximate surface area is 105 Å². The fourth-order valence-electron chi connectivity index (χ4n) is 6.20. The molecule has 4 bridgehead atoms. The monoisotopic (exact) mass is 234 g/mol. The molecule has 0 amide bonds. The third-order valence-electron chi connectivity index (χ3n) is 6.78. The lowest BCUT2D eigenvalue weighted by Gasteiger charge is -2.38. The first-order valence-corrected chi connectivity index (χ1v) is 7.61. The van der Waals surface area contributed by atoms with Crippen LogP contribution in [0.15, 0.2) is 0 Å². The smallest absolute Gasteiger partial charge is 0.00726 e. The van der Waals surface area contributed by atoms with Crippen LogP contribution in [0, 0.1) is 22.7 Å². The molecule has 4 rings (SSSR count). The Bertz CT molecular complexity index is 302. The van der Waals surface area contributed by atoms with Crippen LogP contribution in [-0.2, 0) is 0 Å². The summed E-state index contributed by atoms with van der Waals surface area (Å²) in [4.78, 5) is 0. The van der Waals surface area contributed by atoms with E-state index in [9.17, 15) is 0 Å². The molecule has 0 aliphatic heterocycles. The molecule has 17 heavy (non-hydrogen) atoms. The molecule has 0 saturated heterocycles. The van der Waals surface area contributed by atoms with Crippen LogP contribution >= 0.6 is 0 Å². The molecule has 4 saturated carbocycles. The summed E-state index contributed by atoms with van der Waals surface area (Å²) in [6.07, 6.45) is 12.7. The van der Waals surface area contributed by atoms with Crippen molar-refractivity contribution in [2.75, 3.05) is 0 Å². The van der Waals surface area contributed by atoms with Crippen LogP contribution in [0.3, 0.4) is 0 Å². The summed E-state index contributed by atoms with van der Waals surface area (Å²) < 4.78 is 0. The van der Waals surface area contributed by atoms with Crippen molar-refractivity contribution in [3.05, 3.63) is 0 Å². The second kappa shape index (κ2) is 3.27. The molecule has 6 unspecified atom stereocenters. The Morgan fingerprint density at radius 2 is 1.24 bits per heavy atom. The van der Waals surface area contributed by atoms with E-state index in [-0.39, 0.29) is 0 Å². The van der Waals surface area contributed by atoms with Crippen LogP contribution in [0.1, 0.15) is 57.8 Å². The van der Waals surface area contributed by atoms with Gasteiger partial charge in [0.25, 0.3) is 0 Å². The number of hydrogen-bond acceptors (Lipinski definition) is 2. The molecule has 0 aromatic rings. The third kappa shape index (κ3) is 1.46. The summed E-state index contributed by atoms with van der Waals surface area (Å²) >= 11 is 0. The molecular weight excluding hydrogens is 208 g/mol. The molecule has 2 nitrogen and oxygen atoms in total. The van der Waals surface area contributed by atoms with Gasteiger partial charge in [0.2, 0.25) is 0 Å². The van der Waals surface area contributed by atoms with Crippen LogP contribution in [-0.4, -0.2) is 12.1 Å². The van der Waals surface area contributed by atoms with Crippen LogP contribution in [0.5, 0.6) is 0 Å². The van der Waals surface area contributed by atoms with E-state index in [1.165, 1.54) is 57.8 Å². The van der Waals surface area contributed by atoms with Gasteiger partial charge in [-0.05, 0) is 80.5 Å². The number of fused-ring (bicyclic) bond motifs is 4. The van der Waals surface area contributed by atoms with Crippen molar-refractivity contribution in [3.63, 3.8) is 0 Å². The second-order valence-electron chi connectivity index (χ2n) is 7.92. The van der Waals surface area contributed by atoms with Crippen molar-refractivity contribution >= 4 is 0 Å². The van der Waals surface area contributed by atoms with E-state index in [4.69, 9.17) is 11.5 Å². The Morgan fingerprint density at radius 1 is 0.765 bits per heavy atom.